The fourth-order valence-corrected chi connectivity index (χ4v) is 4.83. The quantitative estimate of drug-likeness (QED) is 0.794. The molecule has 0 atom stereocenters. The molecular formula is C22H29N3O3. The Balaban J connectivity index is 1.57. The molecule has 4 rings (SSSR count). The van der Waals surface area contributed by atoms with Crippen LogP contribution in [-0.4, -0.2) is 47.9 Å². The van der Waals surface area contributed by atoms with Crippen molar-refractivity contribution in [3.05, 3.63) is 41.2 Å². The van der Waals surface area contributed by atoms with E-state index in [1.54, 1.807) is 14.2 Å². The molecule has 6 heteroatoms. The van der Waals surface area contributed by atoms with E-state index in [4.69, 9.17) is 9.47 Å². The summed E-state index contributed by atoms with van der Waals surface area (Å²) in [7, 11) is 3.27. The number of hydrogen-bond acceptors (Lipinski definition) is 4. The van der Waals surface area contributed by atoms with Gasteiger partial charge in [0, 0.05) is 18.8 Å². The normalized spacial score (nSPS) is 18.8. The zero-order valence-corrected chi connectivity index (χ0v) is 17.2. The summed E-state index contributed by atoms with van der Waals surface area (Å²) in [4.78, 5) is 15.6. The number of carbonyl (C=O) groups excluding carboxylic acids is 1. The monoisotopic (exact) mass is 383 g/mol. The van der Waals surface area contributed by atoms with Crippen LogP contribution in [-0.2, 0) is 10.2 Å². The van der Waals surface area contributed by atoms with E-state index >= 15 is 0 Å². The van der Waals surface area contributed by atoms with Crippen molar-refractivity contribution < 1.29 is 14.3 Å². The van der Waals surface area contributed by atoms with Gasteiger partial charge in [0.2, 0.25) is 5.91 Å². The molecular weight excluding hydrogens is 354 g/mol. The van der Waals surface area contributed by atoms with Crippen LogP contribution in [0.15, 0.2) is 24.3 Å². The predicted octanol–water partition coefficient (Wildman–Crippen LogP) is 3.41. The first-order valence-electron chi connectivity index (χ1n) is 10.0. The first-order chi connectivity index (χ1) is 13.5. The smallest absolute Gasteiger partial charge is 0.233 e. The highest BCUT2D eigenvalue weighted by molar-refractivity contribution is 5.89. The first kappa shape index (κ1) is 18.8. The number of nitrogens with zero attached hydrogens (tertiary/aromatic N) is 3. The molecule has 1 amide bonds. The number of methoxy groups -OCH3 is 2. The van der Waals surface area contributed by atoms with Crippen molar-refractivity contribution >= 4 is 5.91 Å². The maximum atomic E-state index is 13.6. The topological polar surface area (TPSA) is 56.6 Å². The first-order valence-corrected chi connectivity index (χ1v) is 10.0. The minimum absolute atomic E-state index is 0.245. The van der Waals surface area contributed by atoms with Crippen molar-refractivity contribution in [1.82, 2.24) is 14.7 Å². The third-order valence-corrected chi connectivity index (χ3v) is 6.34. The molecule has 2 heterocycles. The van der Waals surface area contributed by atoms with Gasteiger partial charge < -0.3 is 14.4 Å². The highest BCUT2D eigenvalue weighted by Crippen LogP contribution is 2.46. The minimum Gasteiger partial charge on any atom is -0.493 e. The van der Waals surface area contributed by atoms with Crippen molar-refractivity contribution in [2.75, 3.05) is 27.3 Å². The van der Waals surface area contributed by atoms with Gasteiger partial charge in [-0.25, -0.2) is 0 Å². The minimum atomic E-state index is -0.445. The van der Waals surface area contributed by atoms with Crippen molar-refractivity contribution in [3.8, 4) is 11.5 Å². The molecule has 1 aromatic heterocycles. The van der Waals surface area contributed by atoms with E-state index in [2.05, 4.69) is 22.8 Å². The van der Waals surface area contributed by atoms with Gasteiger partial charge in [-0.05, 0) is 50.5 Å². The summed E-state index contributed by atoms with van der Waals surface area (Å²) in [6.07, 6.45) is 3.94. The van der Waals surface area contributed by atoms with E-state index in [0.29, 0.717) is 11.5 Å². The van der Waals surface area contributed by atoms with Crippen LogP contribution in [0.25, 0.3) is 0 Å². The summed E-state index contributed by atoms with van der Waals surface area (Å²) in [6, 6.07) is 8.30. The molecule has 2 fully saturated rings. The number of amides is 1. The average Bonchev–Trinajstić information content (AvgIpc) is 3.27. The fraction of sp³-hybridized carbons (Fsp3) is 0.545. The Labute approximate surface area is 166 Å². The summed E-state index contributed by atoms with van der Waals surface area (Å²) in [6.45, 7) is 5.55. The molecule has 0 radical (unpaired) electrons. The molecule has 1 saturated carbocycles. The van der Waals surface area contributed by atoms with Gasteiger partial charge in [0.05, 0.1) is 31.4 Å². The lowest BCUT2D eigenvalue weighted by molar-refractivity contribution is -0.143. The highest BCUT2D eigenvalue weighted by Gasteiger charge is 2.48. The van der Waals surface area contributed by atoms with Gasteiger partial charge in [-0.2, -0.15) is 5.10 Å². The molecule has 0 N–H and O–H groups in total. The third kappa shape index (κ3) is 2.95. The largest absolute Gasteiger partial charge is 0.493 e. The van der Waals surface area contributed by atoms with Gasteiger partial charge in [0.15, 0.2) is 11.5 Å². The number of rotatable bonds is 5. The second-order valence-corrected chi connectivity index (χ2v) is 8.09. The summed E-state index contributed by atoms with van der Waals surface area (Å²) in [5, 5.41) is 4.59. The van der Waals surface area contributed by atoms with E-state index in [0.717, 1.165) is 55.7 Å². The average molecular weight is 383 g/mol. The number of aromatic nitrogens is 2. The van der Waals surface area contributed by atoms with Crippen LogP contribution in [0, 0.1) is 13.8 Å². The fourth-order valence-electron chi connectivity index (χ4n) is 4.83. The second kappa shape index (κ2) is 7.15. The lowest BCUT2D eigenvalue weighted by Gasteiger charge is -2.44. The Morgan fingerprint density at radius 1 is 1.07 bits per heavy atom. The van der Waals surface area contributed by atoms with E-state index in [1.807, 2.05) is 30.0 Å². The molecule has 1 aromatic carbocycles. The standard InChI is InChI=1S/C22H29N3O3/c1-15-11-16(2)25(23-15)18-13-24(14-18)21(26)22(9-5-6-10-22)17-7-8-19(27-3)20(12-17)28-4/h7-8,11-12,18H,5-6,9-10,13-14H2,1-4H3. The molecule has 6 nitrogen and oxygen atoms in total. The van der Waals surface area contributed by atoms with Crippen LogP contribution >= 0.6 is 0 Å². The highest BCUT2D eigenvalue weighted by atomic mass is 16.5. The van der Waals surface area contributed by atoms with Crippen molar-refractivity contribution in [1.29, 1.82) is 0 Å². The van der Waals surface area contributed by atoms with Gasteiger partial charge in [-0.3, -0.25) is 9.48 Å². The van der Waals surface area contributed by atoms with Gasteiger partial charge in [-0.15, -0.1) is 0 Å². The summed E-state index contributed by atoms with van der Waals surface area (Å²) >= 11 is 0. The van der Waals surface area contributed by atoms with E-state index in [9.17, 15) is 4.79 Å². The molecule has 28 heavy (non-hydrogen) atoms. The predicted molar refractivity (Wildman–Crippen MR) is 107 cm³/mol. The molecule has 0 spiro atoms. The summed E-state index contributed by atoms with van der Waals surface area (Å²) in [5.74, 6) is 1.62. The zero-order chi connectivity index (χ0) is 19.9. The third-order valence-electron chi connectivity index (χ3n) is 6.34. The lowest BCUT2D eigenvalue weighted by Crippen LogP contribution is -2.56. The summed E-state index contributed by atoms with van der Waals surface area (Å²) < 4.78 is 12.9. The Morgan fingerprint density at radius 2 is 1.75 bits per heavy atom. The van der Waals surface area contributed by atoms with Gasteiger partial charge >= 0.3 is 0 Å². The molecule has 2 aromatic rings. The Kier molecular flexibility index (Phi) is 4.81. The maximum Gasteiger partial charge on any atom is 0.233 e. The van der Waals surface area contributed by atoms with E-state index in [-0.39, 0.29) is 11.9 Å². The number of ether oxygens (including phenoxy) is 2. The number of hydrogen-bond donors (Lipinski definition) is 0. The Morgan fingerprint density at radius 3 is 2.32 bits per heavy atom. The molecule has 1 aliphatic carbocycles. The molecule has 0 unspecified atom stereocenters. The van der Waals surface area contributed by atoms with Crippen LogP contribution < -0.4 is 9.47 Å². The number of carbonyl (C=O) groups is 1. The van der Waals surface area contributed by atoms with Crippen LogP contribution in [0.4, 0.5) is 0 Å². The number of aryl methyl sites for hydroxylation is 2. The van der Waals surface area contributed by atoms with Crippen molar-refractivity contribution in [2.45, 2.75) is 51.0 Å². The summed E-state index contributed by atoms with van der Waals surface area (Å²) in [5.41, 5.74) is 2.78. The Hall–Kier alpha value is -2.50. The Bertz CT molecular complexity index is 877. The zero-order valence-electron chi connectivity index (χ0n) is 17.2. The molecule has 150 valence electrons. The van der Waals surface area contributed by atoms with Crippen molar-refractivity contribution in [3.63, 3.8) is 0 Å². The van der Waals surface area contributed by atoms with Crippen LogP contribution in [0.1, 0.15) is 48.7 Å². The van der Waals surface area contributed by atoms with E-state index in [1.165, 1.54) is 0 Å². The number of benzene rings is 1. The second-order valence-electron chi connectivity index (χ2n) is 8.09. The molecule has 2 aliphatic rings. The SMILES string of the molecule is COc1ccc(C2(C(=O)N3CC(n4nc(C)cc4C)C3)CCCC2)cc1OC. The number of likely N-dealkylation sites (tertiary alicyclic amines) is 1. The van der Waals surface area contributed by atoms with Gasteiger partial charge in [0.25, 0.3) is 0 Å². The lowest BCUT2D eigenvalue weighted by atomic mass is 9.76. The van der Waals surface area contributed by atoms with Crippen LogP contribution in [0.5, 0.6) is 11.5 Å². The van der Waals surface area contributed by atoms with Crippen LogP contribution in [0.2, 0.25) is 0 Å². The van der Waals surface area contributed by atoms with E-state index < -0.39 is 5.41 Å². The van der Waals surface area contributed by atoms with Crippen molar-refractivity contribution in [2.24, 2.45) is 0 Å². The van der Waals surface area contributed by atoms with Crippen LogP contribution in [0.3, 0.4) is 0 Å². The maximum absolute atomic E-state index is 13.6. The molecule has 1 aliphatic heterocycles. The van der Waals surface area contributed by atoms with Gasteiger partial charge in [0.1, 0.15) is 0 Å². The molecule has 0 bridgehead atoms. The molecule has 1 saturated heterocycles. The van der Waals surface area contributed by atoms with Gasteiger partial charge in [-0.1, -0.05) is 18.9 Å².